The number of hydrogen-bond donors (Lipinski definition) is 1. The standard InChI is InChI=1S/C18H31NO2/c1-13(2)11-19(14(3)4)12-18(20)16-7-9-17(10-8-16)21-15(5)6/h7-10,13-15,18,20H,11-12H2,1-6H3. The van der Waals surface area contributed by atoms with Crippen molar-refractivity contribution in [2.45, 2.75) is 59.8 Å². The Hall–Kier alpha value is -1.06. The molecule has 120 valence electrons. The van der Waals surface area contributed by atoms with E-state index in [1.165, 1.54) is 0 Å². The summed E-state index contributed by atoms with van der Waals surface area (Å²) in [7, 11) is 0. The second kappa shape index (κ2) is 8.40. The first kappa shape index (κ1) is 18.0. The van der Waals surface area contributed by atoms with E-state index in [0.717, 1.165) is 17.9 Å². The Kier molecular flexibility index (Phi) is 7.20. The highest BCUT2D eigenvalue weighted by atomic mass is 16.5. The largest absolute Gasteiger partial charge is 0.491 e. The molecule has 1 unspecified atom stereocenters. The van der Waals surface area contributed by atoms with Crippen LogP contribution in [-0.2, 0) is 0 Å². The second-order valence-corrected chi connectivity index (χ2v) is 6.69. The maximum absolute atomic E-state index is 10.4. The zero-order valence-corrected chi connectivity index (χ0v) is 14.3. The van der Waals surface area contributed by atoms with Crippen molar-refractivity contribution in [3.8, 4) is 5.75 Å². The lowest BCUT2D eigenvalue weighted by Crippen LogP contribution is -2.37. The highest BCUT2D eigenvalue weighted by Crippen LogP contribution is 2.20. The molecular formula is C18H31NO2. The molecule has 0 heterocycles. The topological polar surface area (TPSA) is 32.7 Å². The summed E-state index contributed by atoms with van der Waals surface area (Å²) in [4.78, 5) is 2.33. The van der Waals surface area contributed by atoms with Gasteiger partial charge in [-0.05, 0) is 51.3 Å². The quantitative estimate of drug-likeness (QED) is 0.789. The van der Waals surface area contributed by atoms with Crippen LogP contribution in [0.3, 0.4) is 0 Å². The average Bonchev–Trinajstić information content (AvgIpc) is 2.37. The lowest BCUT2D eigenvalue weighted by Gasteiger charge is -2.30. The molecule has 0 bridgehead atoms. The Labute approximate surface area is 129 Å². The lowest BCUT2D eigenvalue weighted by atomic mass is 10.1. The molecule has 1 aromatic carbocycles. The third-order valence-corrected chi connectivity index (χ3v) is 3.37. The highest BCUT2D eigenvalue weighted by molar-refractivity contribution is 5.28. The van der Waals surface area contributed by atoms with Gasteiger partial charge in [0.1, 0.15) is 5.75 Å². The Balaban J connectivity index is 2.66. The Bertz CT molecular complexity index is 398. The third-order valence-electron chi connectivity index (χ3n) is 3.37. The van der Waals surface area contributed by atoms with Crippen molar-refractivity contribution in [1.29, 1.82) is 0 Å². The van der Waals surface area contributed by atoms with Crippen molar-refractivity contribution < 1.29 is 9.84 Å². The van der Waals surface area contributed by atoms with Crippen LogP contribution in [0.1, 0.15) is 53.2 Å². The SMILES string of the molecule is CC(C)CN(CC(O)c1ccc(OC(C)C)cc1)C(C)C. The summed E-state index contributed by atoms with van der Waals surface area (Å²) in [5.41, 5.74) is 0.945. The summed E-state index contributed by atoms with van der Waals surface area (Å²) in [5.74, 6) is 1.45. The van der Waals surface area contributed by atoms with Crippen LogP contribution in [0.4, 0.5) is 0 Å². The zero-order chi connectivity index (χ0) is 16.0. The minimum atomic E-state index is -0.459. The van der Waals surface area contributed by atoms with Gasteiger partial charge in [-0.2, -0.15) is 0 Å². The third kappa shape index (κ3) is 6.49. The van der Waals surface area contributed by atoms with E-state index in [9.17, 15) is 5.11 Å². The van der Waals surface area contributed by atoms with Gasteiger partial charge in [0.25, 0.3) is 0 Å². The molecule has 1 N–H and O–H groups in total. The van der Waals surface area contributed by atoms with Crippen molar-refractivity contribution in [2.24, 2.45) is 5.92 Å². The summed E-state index contributed by atoms with van der Waals surface area (Å²) in [6, 6.07) is 8.21. The van der Waals surface area contributed by atoms with E-state index >= 15 is 0 Å². The van der Waals surface area contributed by atoms with Crippen molar-refractivity contribution >= 4 is 0 Å². The van der Waals surface area contributed by atoms with Gasteiger partial charge in [-0.1, -0.05) is 26.0 Å². The van der Waals surface area contributed by atoms with Gasteiger partial charge in [0.05, 0.1) is 12.2 Å². The predicted molar refractivity (Wildman–Crippen MR) is 88.7 cm³/mol. The Morgan fingerprint density at radius 1 is 0.952 bits per heavy atom. The molecule has 0 fully saturated rings. The fourth-order valence-electron chi connectivity index (χ4n) is 2.33. The molecule has 0 saturated carbocycles. The molecule has 0 aliphatic carbocycles. The van der Waals surface area contributed by atoms with E-state index in [-0.39, 0.29) is 6.10 Å². The van der Waals surface area contributed by atoms with Gasteiger partial charge in [0.2, 0.25) is 0 Å². The Morgan fingerprint density at radius 3 is 1.95 bits per heavy atom. The highest BCUT2D eigenvalue weighted by Gasteiger charge is 2.17. The second-order valence-electron chi connectivity index (χ2n) is 6.69. The Morgan fingerprint density at radius 2 is 1.52 bits per heavy atom. The number of benzene rings is 1. The van der Waals surface area contributed by atoms with Gasteiger partial charge in [0, 0.05) is 19.1 Å². The van der Waals surface area contributed by atoms with Gasteiger partial charge in [-0.15, -0.1) is 0 Å². The van der Waals surface area contributed by atoms with E-state index in [2.05, 4.69) is 32.6 Å². The van der Waals surface area contributed by atoms with Gasteiger partial charge < -0.3 is 9.84 Å². The summed E-state index contributed by atoms with van der Waals surface area (Å²) in [5, 5.41) is 10.4. The van der Waals surface area contributed by atoms with E-state index in [1.807, 2.05) is 38.1 Å². The maximum Gasteiger partial charge on any atom is 0.119 e. The number of aliphatic hydroxyl groups excluding tert-OH is 1. The van der Waals surface area contributed by atoms with Crippen LogP contribution in [-0.4, -0.2) is 35.2 Å². The molecule has 3 nitrogen and oxygen atoms in total. The minimum Gasteiger partial charge on any atom is -0.491 e. The molecule has 0 spiro atoms. The molecule has 0 aliphatic heterocycles. The van der Waals surface area contributed by atoms with Crippen LogP contribution in [0, 0.1) is 5.92 Å². The number of hydrogen-bond acceptors (Lipinski definition) is 3. The van der Waals surface area contributed by atoms with Gasteiger partial charge in [0.15, 0.2) is 0 Å². The fraction of sp³-hybridized carbons (Fsp3) is 0.667. The van der Waals surface area contributed by atoms with Crippen LogP contribution in [0.25, 0.3) is 0 Å². The smallest absolute Gasteiger partial charge is 0.119 e. The summed E-state index contributed by atoms with van der Waals surface area (Å²) < 4.78 is 5.63. The van der Waals surface area contributed by atoms with Gasteiger partial charge in [-0.3, -0.25) is 4.90 Å². The molecule has 0 aromatic heterocycles. The van der Waals surface area contributed by atoms with Crippen LogP contribution in [0.5, 0.6) is 5.75 Å². The summed E-state index contributed by atoms with van der Waals surface area (Å²) in [6.45, 7) is 14.5. The number of nitrogens with zero attached hydrogens (tertiary/aromatic N) is 1. The van der Waals surface area contributed by atoms with Gasteiger partial charge in [-0.25, -0.2) is 0 Å². The van der Waals surface area contributed by atoms with Gasteiger partial charge >= 0.3 is 0 Å². The molecule has 3 heteroatoms. The normalized spacial score (nSPS) is 13.5. The lowest BCUT2D eigenvalue weighted by molar-refractivity contribution is 0.0877. The first-order valence-corrected chi connectivity index (χ1v) is 7.98. The molecule has 1 atom stereocenters. The molecule has 0 saturated heterocycles. The van der Waals surface area contributed by atoms with E-state index < -0.39 is 6.10 Å². The van der Waals surface area contributed by atoms with Crippen molar-refractivity contribution in [1.82, 2.24) is 4.90 Å². The van der Waals surface area contributed by atoms with E-state index in [0.29, 0.717) is 18.5 Å². The predicted octanol–water partition coefficient (Wildman–Crippen LogP) is 3.87. The monoisotopic (exact) mass is 293 g/mol. The fourth-order valence-corrected chi connectivity index (χ4v) is 2.33. The molecule has 0 amide bonds. The van der Waals surface area contributed by atoms with Crippen molar-refractivity contribution in [3.05, 3.63) is 29.8 Å². The van der Waals surface area contributed by atoms with Crippen LogP contribution < -0.4 is 4.74 Å². The first-order chi connectivity index (χ1) is 9.79. The van der Waals surface area contributed by atoms with Crippen molar-refractivity contribution in [3.63, 3.8) is 0 Å². The molecule has 21 heavy (non-hydrogen) atoms. The first-order valence-electron chi connectivity index (χ1n) is 7.98. The number of aliphatic hydroxyl groups is 1. The molecule has 0 radical (unpaired) electrons. The number of rotatable bonds is 8. The molecule has 0 aliphatic rings. The average molecular weight is 293 g/mol. The molecule has 1 aromatic rings. The maximum atomic E-state index is 10.4. The van der Waals surface area contributed by atoms with E-state index in [4.69, 9.17) is 4.74 Å². The number of ether oxygens (including phenoxy) is 1. The van der Waals surface area contributed by atoms with Crippen LogP contribution in [0.15, 0.2) is 24.3 Å². The molecular weight excluding hydrogens is 262 g/mol. The summed E-state index contributed by atoms with van der Waals surface area (Å²) >= 11 is 0. The van der Waals surface area contributed by atoms with Crippen molar-refractivity contribution in [2.75, 3.05) is 13.1 Å². The minimum absolute atomic E-state index is 0.170. The summed E-state index contributed by atoms with van der Waals surface area (Å²) in [6.07, 6.45) is -0.289. The zero-order valence-electron chi connectivity index (χ0n) is 14.3. The molecule has 1 rings (SSSR count). The van der Waals surface area contributed by atoms with Crippen LogP contribution in [0.2, 0.25) is 0 Å². The van der Waals surface area contributed by atoms with E-state index in [1.54, 1.807) is 0 Å². The van der Waals surface area contributed by atoms with Crippen LogP contribution >= 0.6 is 0 Å².